The number of nitrogens with one attached hydrogen (secondary N) is 1. The molecule has 34 heavy (non-hydrogen) atoms. The summed E-state index contributed by atoms with van der Waals surface area (Å²) in [4.78, 5) is 31.8. The van der Waals surface area contributed by atoms with Crippen LogP contribution in [0.15, 0.2) is 53.7 Å². The van der Waals surface area contributed by atoms with Crippen molar-refractivity contribution in [2.24, 2.45) is 0 Å². The molecule has 0 unspecified atom stereocenters. The summed E-state index contributed by atoms with van der Waals surface area (Å²) < 4.78 is 8.04. The number of benzene rings is 2. The Morgan fingerprint density at radius 3 is 2.59 bits per heavy atom. The van der Waals surface area contributed by atoms with E-state index >= 15 is 0 Å². The molecule has 2 aromatic carbocycles. The molecule has 180 valence electrons. The van der Waals surface area contributed by atoms with Crippen LogP contribution in [0.2, 0.25) is 0 Å². The Morgan fingerprint density at radius 2 is 1.82 bits per heavy atom. The molecule has 1 aromatic heterocycles. The van der Waals surface area contributed by atoms with Crippen LogP contribution in [0.5, 0.6) is 5.75 Å². The molecule has 0 aliphatic carbocycles. The maximum absolute atomic E-state index is 12.9. The average Bonchev–Trinajstić information content (AvgIpc) is 3.53. The Balaban J connectivity index is 1.38. The fourth-order valence-corrected chi connectivity index (χ4v) is 5.22. The van der Waals surface area contributed by atoms with Gasteiger partial charge in [-0.25, -0.2) is 4.98 Å². The first-order chi connectivity index (χ1) is 16.6. The average molecular weight is 481 g/mol. The number of aromatic nitrogens is 2. The number of likely N-dealkylation sites (tertiary alicyclic amines) is 1. The Hall–Kier alpha value is -3.00. The Bertz CT molecular complexity index is 1140. The lowest BCUT2D eigenvalue weighted by molar-refractivity contribution is -0.132. The van der Waals surface area contributed by atoms with E-state index in [1.807, 2.05) is 54.3 Å². The molecule has 0 saturated carbocycles. The zero-order chi connectivity index (χ0) is 23.9. The van der Waals surface area contributed by atoms with Crippen molar-refractivity contribution >= 4 is 34.6 Å². The maximum Gasteiger partial charge on any atom is 0.260 e. The minimum absolute atomic E-state index is 0.0135. The van der Waals surface area contributed by atoms with E-state index in [1.165, 1.54) is 11.8 Å². The summed E-state index contributed by atoms with van der Waals surface area (Å²) in [6.45, 7) is 6.53. The molecule has 1 aliphatic heterocycles. The van der Waals surface area contributed by atoms with Gasteiger partial charge in [0, 0.05) is 25.2 Å². The lowest BCUT2D eigenvalue weighted by Crippen LogP contribution is -2.33. The highest BCUT2D eigenvalue weighted by Crippen LogP contribution is 2.28. The van der Waals surface area contributed by atoms with Gasteiger partial charge in [0.15, 0.2) is 11.8 Å². The van der Waals surface area contributed by atoms with Crippen LogP contribution in [0, 0.1) is 0 Å². The summed E-state index contributed by atoms with van der Waals surface area (Å²) in [5, 5.41) is 3.98. The van der Waals surface area contributed by atoms with Gasteiger partial charge in [0.1, 0.15) is 5.75 Å². The predicted octanol–water partition coefficient (Wildman–Crippen LogP) is 4.42. The predicted molar refractivity (Wildman–Crippen MR) is 135 cm³/mol. The number of ether oxygens (including phenoxy) is 1. The van der Waals surface area contributed by atoms with Crippen LogP contribution < -0.4 is 10.1 Å². The molecule has 7 nitrogen and oxygen atoms in total. The van der Waals surface area contributed by atoms with Crippen molar-refractivity contribution in [3.63, 3.8) is 0 Å². The van der Waals surface area contributed by atoms with E-state index in [-0.39, 0.29) is 30.2 Å². The summed E-state index contributed by atoms with van der Waals surface area (Å²) in [6, 6.07) is 15.4. The number of amides is 2. The standard InChI is InChI=1S/C26H32N4O3S/c1-3-20(19-11-5-8-14-23(19)33-17-25(32)29-15-9-10-16-29)27-24(31)18-34-26-28-21-12-6-7-13-22(21)30(26)4-2/h5-8,11-14,20H,3-4,9-10,15-18H2,1-2H3,(H,27,31)/t20-/m1/s1. The second-order valence-electron chi connectivity index (χ2n) is 8.36. The van der Waals surface area contributed by atoms with Crippen LogP contribution in [0.4, 0.5) is 0 Å². The first-order valence-electron chi connectivity index (χ1n) is 12.0. The van der Waals surface area contributed by atoms with Crippen molar-refractivity contribution in [2.75, 3.05) is 25.4 Å². The molecule has 1 fully saturated rings. The third-order valence-corrected chi connectivity index (χ3v) is 7.09. The van der Waals surface area contributed by atoms with Gasteiger partial charge in [-0.2, -0.15) is 0 Å². The summed E-state index contributed by atoms with van der Waals surface area (Å²) in [6.07, 6.45) is 2.82. The number of aryl methyl sites for hydroxylation is 1. The third kappa shape index (κ3) is 5.55. The fourth-order valence-electron chi connectivity index (χ4n) is 4.33. The van der Waals surface area contributed by atoms with E-state index in [4.69, 9.17) is 9.72 Å². The van der Waals surface area contributed by atoms with Gasteiger partial charge in [0.05, 0.1) is 22.8 Å². The van der Waals surface area contributed by atoms with Gasteiger partial charge in [-0.1, -0.05) is 49.0 Å². The van der Waals surface area contributed by atoms with Crippen molar-refractivity contribution in [3.8, 4) is 5.75 Å². The van der Waals surface area contributed by atoms with Crippen molar-refractivity contribution in [1.82, 2.24) is 19.8 Å². The van der Waals surface area contributed by atoms with Crippen molar-refractivity contribution in [1.29, 1.82) is 0 Å². The number of fused-ring (bicyclic) bond motifs is 1. The van der Waals surface area contributed by atoms with E-state index in [1.54, 1.807) is 0 Å². The number of para-hydroxylation sites is 3. The molecule has 0 radical (unpaired) electrons. The first kappa shape index (κ1) is 24.1. The number of imidazole rings is 1. The summed E-state index contributed by atoms with van der Waals surface area (Å²) >= 11 is 1.44. The molecule has 1 saturated heterocycles. The fraction of sp³-hybridized carbons (Fsp3) is 0.423. The van der Waals surface area contributed by atoms with Gasteiger partial charge in [-0.05, 0) is 44.4 Å². The Labute approximate surface area is 204 Å². The highest BCUT2D eigenvalue weighted by molar-refractivity contribution is 7.99. The molecule has 8 heteroatoms. The van der Waals surface area contributed by atoms with Gasteiger partial charge < -0.3 is 19.5 Å². The van der Waals surface area contributed by atoms with E-state index < -0.39 is 0 Å². The maximum atomic E-state index is 12.9. The molecule has 0 bridgehead atoms. The number of thioether (sulfide) groups is 1. The van der Waals surface area contributed by atoms with Gasteiger partial charge in [0.2, 0.25) is 5.91 Å². The number of nitrogens with zero attached hydrogens (tertiary/aromatic N) is 3. The van der Waals surface area contributed by atoms with Gasteiger partial charge in [-0.15, -0.1) is 0 Å². The molecule has 4 rings (SSSR count). The Morgan fingerprint density at radius 1 is 1.09 bits per heavy atom. The number of hydrogen-bond donors (Lipinski definition) is 1. The summed E-state index contributed by atoms with van der Waals surface area (Å²) in [5.41, 5.74) is 2.90. The van der Waals surface area contributed by atoms with Crippen molar-refractivity contribution in [2.45, 2.75) is 50.9 Å². The highest BCUT2D eigenvalue weighted by Gasteiger charge is 2.21. The Kier molecular flexibility index (Phi) is 8.11. The van der Waals surface area contributed by atoms with Gasteiger partial charge >= 0.3 is 0 Å². The summed E-state index contributed by atoms with van der Waals surface area (Å²) in [5.74, 6) is 0.868. The molecular formula is C26H32N4O3S. The molecule has 1 aliphatic rings. The smallest absolute Gasteiger partial charge is 0.260 e. The van der Waals surface area contributed by atoms with E-state index in [0.29, 0.717) is 12.2 Å². The van der Waals surface area contributed by atoms with Gasteiger partial charge in [-0.3, -0.25) is 9.59 Å². The number of carbonyl (C=O) groups excluding carboxylic acids is 2. The largest absolute Gasteiger partial charge is 0.483 e. The topological polar surface area (TPSA) is 76.5 Å². The molecule has 3 aromatic rings. The van der Waals surface area contributed by atoms with E-state index in [9.17, 15) is 9.59 Å². The van der Waals surface area contributed by atoms with Crippen LogP contribution >= 0.6 is 11.8 Å². The van der Waals surface area contributed by atoms with Crippen LogP contribution in [-0.4, -0.2) is 51.7 Å². The molecule has 0 spiro atoms. The zero-order valence-corrected chi connectivity index (χ0v) is 20.6. The normalized spacial score (nSPS) is 14.4. The zero-order valence-electron chi connectivity index (χ0n) is 19.8. The summed E-state index contributed by atoms with van der Waals surface area (Å²) in [7, 11) is 0. The van der Waals surface area contributed by atoms with Gasteiger partial charge in [0.25, 0.3) is 5.91 Å². The number of carbonyl (C=O) groups is 2. The lowest BCUT2D eigenvalue weighted by atomic mass is 10.0. The van der Waals surface area contributed by atoms with E-state index in [0.717, 1.165) is 54.2 Å². The molecule has 2 heterocycles. The van der Waals surface area contributed by atoms with Crippen molar-refractivity contribution < 1.29 is 14.3 Å². The second-order valence-corrected chi connectivity index (χ2v) is 9.30. The number of hydrogen-bond acceptors (Lipinski definition) is 5. The van der Waals surface area contributed by atoms with E-state index in [2.05, 4.69) is 22.9 Å². The van der Waals surface area contributed by atoms with Crippen LogP contribution in [-0.2, 0) is 16.1 Å². The quantitative estimate of drug-likeness (QED) is 0.435. The number of rotatable bonds is 10. The molecular weight excluding hydrogens is 448 g/mol. The van der Waals surface area contributed by atoms with Crippen LogP contribution in [0.25, 0.3) is 11.0 Å². The first-order valence-corrected chi connectivity index (χ1v) is 13.0. The molecule has 1 N–H and O–H groups in total. The molecule has 2 amide bonds. The SMILES string of the molecule is CC[C@@H](NC(=O)CSc1nc2ccccc2n1CC)c1ccccc1OCC(=O)N1CCCC1. The highest BCUT2D eigenvalue weighted by atomic mass is 32.2. The second kappa shape index (κ2) is 11.4. The van der Waals surface area contributed by atoms with Crippen LogP contribution in [0.1, 0.15) is 44.7 Å². The monoisotopic (exact) mass is 480 g/mol. The minimum atomic E-state index is -0.198. The molecule has 1 atom stereocenters. The third-order valence-electron chi connectivity index (χ3n) is 6.12. The van der Waals surface area contributed by atoms with Crippen molar-refractivity contribution in [3.05, 3.63) is 54.1 Å². The van der Waals surface area contributed by atoms with Crippen LogP contribution in [0.3, 0.4) is 0 Å². The lowest BCUT2D eigenvalue weighted by Gasteiger charge is -2.21. The minimum Gasteiger partial charge on any atom is -0.483 e.